The molecule has 0 bridgehead atoms. The second kappa shape index (κ2) is 6.96. The molecule has 1 amide bonds. The number of carbonyl (C=O) groups excluding carboxylic acids is 1. The predicted molar refractivity (Wildman–Crippen MR) is 87.0 cm³/mol. The molecule has 6 nitrogen and oxygen atoms in total. The number of carbonyl (C=O) groups is 1. The summed E-state index contributed by atoms with van der Waals surface area (Å²) in [7, 11) is 0. The zero-order valence-corrected chi connectivity index (χ0v) is 14.3. The monoisotopic (exact) mass is 327 g/mol. The highest BCUT2D eigenvalue weighted by Gasteiger charge is 2.32. The lowest BCUT2D eigenvalue weighted by Crippen LogP contribution is -2.50. The molecule has 3 heterocycles. The molecule has 0 aromatic carbocycles. The minimum Gasteiger partial charge on any atom is -0.346 e. The van der Waals surface area contributed by atoms with Crippen molar-refractivity contribution in [3.63, 3.8) is 0 Å². The van der Waals surface area contributed by atoms with Crippen molar-refractivity contribution in [3.05, 3.63) is 11.6 Å². The Bertz CT molecular complexity index is 526. The smallest absolute Gasteiger partial charge is 0.223 e. The van der Waals surface area contributed by atoms with Crippen LogP contribution in [0.25, 0.3) is 0 Å². The van der Waals surface area contributed by atoms with Gasteiger partial charge < -0.3 is 10.6 Å². The van der Waals surface area contributed by atoms with E-state index in [4.69, 9.17) is 0 Å². The molecule has 1 saturated heterocycles. The largest absolute Gasteiger partial charge is 0.346 e. The topological polar surface area (TPSA) is 71.8 Å². The first-order valence-corrected chi connectivity index (χ1v) is 8.02. The van der Waals surface area contributed by atoms with Crippen molar-refractivity contribution in [2.75, 3.05) is 13.1 Å². The summed E-state index contributed by atoms with van der Waals surface area (Å²) in [6.07, 6.45) is 2.00. The lowest BCUT2D eigenvalue weighted by molar-refractivity contribution is -0.127. The van der Waals surface area contributed by atoms with Gasteiger partial charge in [-0.2, -0.15) is 5.10 Å². The van der Waals surface area contributed by atoms with Gasteiger partial charge in [0, 0.05) is 18.4 Å². The fourth-order valence-corrected chi connectivity index (χ4v) is 2.93. The van der Waals surface area contributed by atoms with E-state index in [0.717, 1.165) is 44.1 Å². The fraction of sp³-hybridized carbons (Fsp3) is 0.800. The highest BCUT2D eigenvalue weighted by atomic mass is 35.5. The van der Waals surface area contributed by atoms with Gasteiger partial charge in [0.15, 0.2) is 5.82 Å². The average Bonchev–Trinajstić information content (AvgIpc) is 2.81. The number of aryl methyl sites for hydroxylation is 1. The van der Waals surface area contributed by atoms with Crippen molar-refractivity contribution in [1.82, 2.24) is 25.4 Å². The van der Waals surface area contributed by atoms with Gasteiger partial charge in [-0.1, -0.05) is 20.8 Å². The summed E-state index contributed by atoms with van der Waals surface area (Å²) in [5, 5.41) is 11.0. The van der Waals surface area contributed by atoms with Crippen LogP contribution in [0.5, 0.6) is 0 Å². The molecule has 7 heteroatoms. The lowest BCUT2D eigenvalue weighted by Gasteiger charge is -2.33. The normalized spacial score (nSPS) is 22.5. The van der Waals surface area contributed by atoms with E-state index in [9.17, 15) is 4.79 Å². The SMILES string of the molecule is CC(C)c1nc2n(n1)CCCC2NC(=O)C(C)C1CNC1.Cl. The molecule has 1 fully saturated rings. The molecule has 0 radical (unpaired) electrons. The minimum atomic E-state index is 0. The first-order chi connectivity index (χ1) is 10.1. The maximum atomic E-state index is 12.4. The van der Waals surface area contributed by atoms with Gasteiger partial charge in [-0.25, -0.2) is 9.67 Å². The molecule has 0 spiro atoms. The molecule has 22 heavy (non-hydrogen) atoms. The summed E-state index contributed by atoms with van der Waals surface area (Å²) in [6.45, 7) is 9.03. The molecule has 0 aliphatic carbocycles. The maximum Gasteiger partial charge on any atom is 0.223 e. The standard InChI is InChI=1S/C15H25N5O.ClH/c1-9(2)13-18-14-12(5-4-6-20(14)19-13)17-15(21)10(3)11-7-16-8-11;/h9-12,16H,4-8H2,1-3H3,(H,17,21);1H. The summed E-state index contributed by atoms with van der Waals surface area (Å²) >= 11 is 0. The molecule has 1 aromatic rings. The van der Waals surface area contributed by atoms with Gasteiger partial charge in [-0.3, -0.25) is 4.79 Å². The first kappa shape index (κ1) is 17.2. The Morgan fingerprint density at radius 3 is 2.68 bits per heavy atom. The summed E-state index contributed by atoms with van der Waals surface area (Å²) in [5.41, 5.74) is 0. The number of aromatic nitrogens is 3. The third kappa shape index (κ3) is 3.27. The molecule has 2 atom stereocenters. The van der Waals surface area contributed by atoms with Crippen LogP contribution < -0.4 is 10.6 Å². The Kier molecular flexibility index (Phi) is 5.45. The van der Waals surface area contributed by atoms with E-state index < -0.39 is 0 Å². The second-order valence-electron chi connectivity index (χ2n) is 6.62. The Balaban J connectivity index is 0.00000176. The second-order valence-corrected chi connectivity index (χ2v) is 6.62. The van der Waals surface area contributed by atoms with E-state index >= 15 is 0 Å². The van der Waals surface area contributed by atoms with Crippen LogP contribution in [0.4, 0.5) is 0 Å². The number of hydrogen-bond acceptors (Lipinski definition) is 4. The van der Waals surface area contributed by atoms with Crippen molar-refractivity contribution in [2.45, 2.75) is 52.1 Å². The third-order valence-electron chi connectivity index (χ3n) is 4.66. The van der Waals surface area contributed by atoms with Gasteiger partial charge in [0.25, 0.3) is 0 Å². The zero-order valence-electron chi connectivity index (χ0n) is 13.5. The van der Waals surface area contributed by atoms with Crippen molar-refractivity contribution in [1.29, 1.82) is 0 Å². The number of amides is 1. The van der Waals surface area contributed by atoms with Crippen LogP contribution in [0.15, 0.2) is 0 Å². The molecule has 124 valence electrons. The Labute approximate surface area is 137 Å². The van der Waals surface area contributed by atoms with Crippen LogP contribution in [-0.2, 0) is 11.3 Å². The summed E-state index contributed by atoms with van der Waals surface area (Å²) in [6, 6.07) is 0.0155. The number of nitrogens with one attached hydrogen (secondary N) is 2. The van der Waals surface area contributed by atoms with E-state index in [1.807, 2.05) is 11.6 Å². The Morgan fingerprint density at radius 1 is 1.36 bits per heavy atom. The quantitative estimate of drug-likeness (QED) is 0.881. The summed E-state index contributed by atoms with van der Waals surface area (Å²) in [5.74, 6) is 2.81. The molecule has 2 aliphatic heterocycles. The van der Waals surface area contributed by atoms with Gasteiger partial charge in [-0.05, 0) is 31.8 Å². The molecule has 1 aromatic heterocycles. The number of nitrogens with zero attached hydrogens (tertiary/aromatic N) is 3. The van der Waals surface area contributed by atoms with Crippen molar-refractivity contribution in [3.8, 4) is 0 Å². The number of hydrogen-bond donors (Lipinski definition) is 2. The highest BCUT2D eigenvalue weighted by Crippen LogP contribution is 2.26. The molecule has 3 rings (SSSR count). The number of rotatable bonds is 4. The maximum absolute atomic E-state index is 12.4. The molecule has 2 unspecified atom stereocenters. The van der Waals surface area contributed by atoms with Gasteiger partial charge in [0.05, 0.1) is 6.04 Å². The minimum absolute atomic E-state index is 0. The Morgan fingerprint density at radius 2 is 2.09 bits per heavy atom. The molecule has 2 aliphatic rings. The highest BCUT2D eigenvalue weighted by molar-refractivity contribution is 5.85. The number of fused-ring (bicyclic) bond motifs is 1. The van der Waals surface area contributed by atoms with Crippen LogP contribution in [0.3, 0.4) is 0 Å². The predicted octanol–water partition coefficient (Wildman–Crippen LogP) is 1.63. The molecular formula is C15H26ClN5O. The molecular weight excluding hydrogens is 302 g/mol. The molecule has 2 N–H and O–H groups in total. The van der Waals surface area contributed by atoms with Gasteiger partial charge in [0.2, 0.25) is 5.91 Å². The van der Waals surface area contributed by atoms with Gasteiger partial charge in [-0.15, -0.1) is 12.4 Å². The van der Waals surface area contributed by atoms with E-state index in [1.54, 1.807) is 0 Å². The zero-order chi connectivity index (χ0) is 15.0. The van der Waals surface area contributed by atoms with Gasteiger partial charge >= 0.3 is 0 Å². The summed E-state index contributed by atoms with van der Waals surface area (Å²) < 4.78 is 1.97. The van der Waals surface area contributed by atoms with E-state index in [0.29, 0.717) is 11.8 Å². The third-order valence-corrected chi connectivity index (χ3v) is 4.66. The van der Waals surface area contributed by atoms with Crippen molar-refractivity contribution >= 4 is 18.3 Å². The van der Waals surface area contributed by atoms with E-state index in [2.05, 4.69) is 34.6 Å². The van der Waals surface area contributed by atoms with E-state index in [-0.39, 0.29) is 30.3 Å². The number of halogens is 1. The average molecular weight is 328 g/mol. The van der Waals surface area contributed by atoms with Crippen LogP contribution >= 0.6 is 12.4 Å². The van der Waals surface area contributed by atoms with Gasteiger partial charge in [0.1, 0.15) is 5.82 Å². The summed E-state index contributed by atoms with van der Waals surface area (Å²) in [4.78, 5) is 17.0. The molecule has 0 saturated carbocycles. The van der Waals surface area contributed by atoms with Crippen LogP contribution in [0, 0.1) is 11.8 Å². The lowest BCUT2D eigenvalue weighted by atomic mass is 9.88. The van der Waals surface area contributed by atoms with Crippen molar-refractivity contribution in [2.24, 2.45) is 11.8 Å². The van der Waals surface area contributed by atoms with Crippen molar-refractivity contribution < 1.29 is 4.79 Å². The first-order valence-electron chi connectivity index (χ1n) is 8.02. The van der Waals surface area contributed by atoms with E-state index in [1.165, 1.54) is 0 Å². The van der Waals surface area contributed by atoms with Crippen LogP contribution in [0.2, 0.25) is 0 Å². The Hall–Kier alpha value is -1.14. The van der Waals surface area contributed by atoms with Crippen LogP contribution in [0.1, 0.15) is 57.2 Å². The fourth-order valence-electron chi connectivity index (χ4n) is 2.93. The van der Waals surface area contributed by atoms with Crippen LogP contribution in [-0.4, -0.2) is 33.8 Å².